The third-order valence-corrected chi connectivity index (χ3v) is 2.27. The summed E-state index contributed by atoms with van der Waals surface area (Å²) in [6.07, 6.45) is -0.926. The summed E-state index contributed by atoms with van der Waals surface area (Å²) >= 11 is 1.58. The minimum Gasteiger partial charge on any atom is -0.384 e. The van der Waals surface area contributed by atoms with Crippen molar-refractivity contribution in [1.29, 1.82) is 0 Å². The Labute approximate surface area is 75.0 Å². The standard InChI is InChI=1S/C8H11NO2S/c1-6(10)8(11)9-5-7-3-2-4-12-7/h2-4,6,10H,5H2,1H3,(H,9,11)/t6-/m1/s1. The fourth-order valence-electron chi connectivity index (χ4n) is 0.735. The summed E-state index contributed by atoms with van der Waals surface area (Å²) in [5.74, 6) is -0.330. The predicted molar refractivity (Wildman–Crippen MR) is 47.8 cm³/mol. The summed E-state index contributed by atoms with van der Waals surface area (Å²) in [6, 6.07) is 3.86. The van der Waals surface area contributed by atoms with Gasteiger partial charge in [-0.3, -0.25) is 4.79 Å². The topological polar surface area (TPSA) is 49.3 Å². The molecule has 2 N–H and O–H groups in total. The van der Waals surface area contributed by atoms with Crippen LogP contribution >= 0.6 is 11.3 Å². The maximum Gasteiger partial charge on any atom is 0.248 e. The number of hydrogen-bond acceptors (Lipinski definition) is 3. The van der Waals surface area contributed by atoms with Gasteiger partial charge in [0.2, 0.25) is 5.91 Å². The van der Waals surface area contributed by atoms with Crippen LogP contribution in [-0.2, 0) is 11.3 Å². The van der Waals surface area contributed by atoms with E-state index in [9.17, 15) is 4.79 Å². The van der Waals surface area contributed by atoms with Crippen molar-refractivity contribution in [2.24, 2.45) is 0 Å². The van der Waals surface area contributed by atoms with Crippen molar-refractivity contribution < 1.29 is 9.90 Å². The maximum absolute atomic E-state index is 10.9. The van der Waals surface area contributed by atoms with E-state index >= 15 is 0 Å². The molecule has 0 radical (unpaired) electrons. The number of rotatable bonds is 3. The lowest BCUT2D eigenvalue weighted by molar-refractivity contribution is -0.128. The third kappa shape index (κ3) is 2.64. The number of aliphatic hydroxyl groups is 1. The van der Waals surface area contributed by atoms with Gasteiger partial charge < -0.3 is 10.4 Å². The molecule has 0 unspecified atom stereocenters. The lowest BCUT2D eigenvalue weighted by Gasteiger charge is -2.04. The summed E-state index contributed by atoms with van der Waals surface area (Å²) in [4.78, 5) is 12.0. The largest absolute Gasteiger partial charge is 0.384 e. The molecule has 0 spiro atoms. The molecule has 1 aromatic rings. The van der Waals surface area contributed by atoms with E-state index in [1.807, 2.05) is 17.5 Å². The summed E-state index contributed by atoms with van der Waals surface area (Å²) in [6.45, 7) is 1.95. The van der Waals surface area contributed by atoms with Crippen LogP contribution in [0.25, 0.3) is 0 Å². The van der Waals surface area contributed by atoms with Gasteiger partial charge in [-0.2, -0.15) is 0 Å². The highest BCUT2D eigenvalue weighted by atomic mass is 32.1. The van der Waals surface area contributed by atoms with Crippen LogP contribution in [0.15, 0.2) is 17.5 Å². The Kier molecular flexibility index (Phi) is 3.25. The highest BCUT2D eigenvalue weighted by Crippen LogP contribution is 2.07. The first-order valence-corrected chi connectivity index (χ1v) is 4.56. The highest BCUT2D eigenvalue weighted by Gasteiger charge is 2.07. The second kappa shape index (κ2) is 4.23. The third-order valence-electron chi connectivity index (χ3n) is 1.40. The molecular weight excluding hydrogens is 174 g/mol. The van der Waals surface area contributed by atoms with Gasteiger partial charge in [0.15, 0.2) is 0 Å². The van der Waals surface area contributed by atoms with Crippen LogP contribution in [-0.4, -0.2) is 17.1 Å². The molecule has 0 aliphatic carbocycles. The van der Waals surface area contributed by atoms with E-state index in [2.05, 4.69) is 5.32 Å². The van der Waals surface area contributed by atoms with E-state index in [0.717, 1.165) is 4.88 Å². The Bertz CT molecular complexity index is 244. The van der Waals surface area contributed by atoms with Crippen LogP contribution in [0.1, 0.15) is 11.8 Å². The number of thiophene rings is 1. The number of amides is 1. The van der Waals surface area contributed by atoms with Gasteiger partial charge in [0.1, 0.15) is 6.10 Å². The average Bonchev–Trinajstić information content (AvgIpc) is 2.51. The van der Waals surface area contributed by atoms with E-state index in [1.54, 1.807) is 11.3 Å². The average molecular weight is 185 g/mol. The fourth-order valence-corrected chi connectivity index (χ4v) is 1.38. The van der Waals surface area contributed by atoms with Gasteiger partial charge >= 0.3 is 0 Å². The van der Waals surface area contributed by atoms with Crippen molar-refractivity contribution in [3.05, 3.63) is 22.4 Å². The molecule has 1 heterocycles. The van der Waals surface area contributed by atoms with Crippen LogP contribution in [0.4, 0.5) is 0 Å². The summed E-state index contributed by atoms with van der Waals surface area (Å²) in [5.41, 5.74) is 0. The van der Waals surface area contributed by atoms with Gasteiger partial charge in [-0.25, -0.2) is 0 Å². The molecular formula is C8H11NO2S. The van der Waals surface area contributed by atoms with Crippen molar-refractivity contribution in [2.75, 3.05) is 0 Å². The minimum absolute atomic E-state index is 0.330. The first-order chi connectivity index (χ1) is 5.70. The van der Waals surface area contributed by atoms with Gasteiger partial charge in [0.05, 0.1) is 6.54 Å². The second-order valence-corrected chi connectivity index (χ2v) is 3.51. The van der Waals surface area contributed by atoms with E-state index in [0.29, 0.717) is 6.54 Å². The molecule has 0 aliphatic rings. The lowest BCUT2D eigenvalue weighted by atomic mass is 10.3. The molecule has 1 aromatic heterocycles. The Morgan fingerprint density at radius 1 is 1.83 bits per heavy atom. The SMILES string of the molecule is C[C@@H](O)C(=O)NCc1cccs1. The zero-order valence-corrected chi connectivity index (χ0v) is 7.60. The lowest BCUT2D eigenvalue weighted by Crippen LogP contribution is -2.31. The Morgan fingerprint density at radius 2 is 2.58 bits per heavy atom. The summed E-state index contributed by atoms with van der Waals surface area (Å²) < 4.78 is 0. The number of hydrogen-bond donors (Lipinski definition) is 2. The van der Waals surface area contributed by atoms with Crippen molar-refractivity contribution in [3.63, 3.8) is 0 Å². The van der Waals surface area contributed by atoms with Gasteiger partial charge in [-0.05, 0) is 18.4 Å². The smallest absolute Gasteiger partial charge is 0.248 e. The minimum atomic E-state index is -0.926. The van der Waals surface area contributed by atoms with Crippen molar-refractivity contribution in [1.82, 2.24) is 5.32 Å². The number of carbonyl (C=O) groups excluding carboxylic acids is 1. The molecule has 0 fully saturated rings. The van der Waals surface area contributed by atoms with Crippen LogP contribution in [0.5, 0.6) is 0 Å². The Hall–Kier alpha value is -0.870. The molecule has 66 valence electrons. The molecule has 0 aliphatic heterocycles. The van der Waals surface area contributed by atoms with E-state index in [4.69, 9.17) is 5.11 Å². The molecule has 0 saturated heterocycles. The summed E-state index contributed by atoms with van der Waals surface area (Å²) in [5, 5.41) is 13.4. The van der Waals surface area contributed by atoms with Gasteiger partial charge in [0, 0.05) is 4.88 Å². The van der Waals surface area contributed by atoms with Crippen molar-refractivity contribution in [2.45, 2.75) is 19.6 Å². The molecule has 1 rings (SSSR count). The molecule has 0 bridgehead atoms. The normalized spacial score (nSPS) is 12.5. The zero-order valence-electron chi connectivity index (χ0n) is 6.78. The van der Waals surface area contributed by atoms with Crippen LogP contribution in [0, 0.1) is 0 Å². The fraction of sp³-hybridized carbons (Fsp3) is 0.375. The quantitative estimate of drug-likeness (QED) is 0.730. The predicted octanol–water partition coefficient (Wildman–Crippen LogP) is 0.745. The van der Waals surface area contributed by atoms with Crippen LogP contribution < -0.4 is 5.32 Å². The summed E-state index contributed by atoms with van der Waals surface area (Å²) in [7, 11) is 0. The monoisotopic (exact) mass is 185 g/mol. The Balaban J connectivity index is 2.32. The van der Waals surface area contributed by atoms with Gasteiger partial charge in [-0.1, -0.05) is 6.07 Å². The Morgan fingerprint density at radius 3 is 3.08 bits per heavy atom. The van der Waals surface area contributed by atoms with E-state index in [-0.39, 0.29) is 5.91 Å². The van der Waals surface area contributed by atoms with Crippen molar-refractivity contribution >= 4 is 17.2 Å². The number of aliphatic hydroxyl groups excluding tert-OH is 1. The van der Waals surface area contributed by atoms with Crippen molar-refractivity contribution in [3.8, 4) is 0 Å². The maximum atomic E-state index is 10.9. The van der Waals surface area contributed by atoms with Gasteiger partial charge in [0.25, 0.3) is 0 Å². The van der Waals surface area contributed by atoms with Crippen LogP contribution in [0.3, 0.4) is 0 Å². The number of carbonyl (C=O) groups is 1. The molecule has 0 saturated carbocycles. The molecule has 3 nitrogen and oxygen atoms in total. The highest BCUT2D eigenvalue weighted by molar-refractivity contribution is 7.09. The number of nitrogens with one attached hydrogen (secondary N) is 1. The molecule has 4 heteroatoms. The van der Waals surface area contributed by atoms with Gasteiger partial charge in [-0.15, -0.1) is 11.3 Å². The van der Waals surface area contributed by atoms with Crippen LogP contribution in [0.2, 0.25) is 0 Å². The molecule has 1 amide bonds. The first-order valence-electron chi connectivity index (χ1n) is 3.68. The molecule has 1 atom stereocenters. The first kappa shape index (κ1) is 9.22. The molecule has 0 aromatic carbocycles. The van der Waals surface area contributed by atoms with E-state index in [1.165, 1.54) is 6.92 Å². The van der Waals surface area contributed by atoms with E-state index < -0.39 is 6.10 Å². The zero-order chi connectivity index (χ0) is 8.97. The second-order valence-electron chi connectivity index (χ2n) is 2.47. The molecule has 12 heavy (non-hydrogen) atoms.